The summed E-state index contributed by atoms with van der Waals surface area (Å²) in [5, 5.41) is 0.859. The number of hydrogen-bond acceptors (Lipinski definition) is 3. The zero-order valence-corrected chi connectivity index (χ0v) is 17.3. The standard InChI is InChI=1S/C25H25FN2O2/c1-3-4-5-6-7-8-17-30-23-13-9-12-22(24(23)26)28(2)25(29)20-14-15-21-19(18-20)11-10-16-27-21/h9-16,18H,3,6-8,17H2,1-2H3. The fourth-order valence-electron chi connectivity index (χ4n) is 3.09. The summed E-state index contributed by atoms with van der Waals surface area (Å²) in [6, 6.07) is 13.8. The minimum atomic E-state index is -0.540. The molecule has 5 heteroatoms. The zero-order valence-electron chi connectivity index (χ0n) is 17.3. The molecule has 154 valence electrons. The number of rotatable bonds is 7. The maximum atomic E-state index is 15.0. The van der Waals surface area contributed by atoms with Crippen molar-refractivity contribution in [1.82, 2.24) is 4.98 Å². The molecule has 0 saturated carbocycles. The first-order chi connectivity index (χ1) is 14.6. The lowest BCUT2D eigenvalue weighted by Gasteiger charge is -2.19. The predicted molar refractivity (Wildman–Crippen MR) is 118 cm³/mol. The fraction of sp³-hybridized carbons (Fsp3) is 0.280. The van der Waals surface area contributed by atoms with E-state index in [1.54, 1.807) is 49.6 Å². The van der Waals surface area contributed by atoms with Gasteiger partial charge in [-0.1, -0.05) is 19.1 Å². The number of unbranched alkanes of at least 4 members (excludes halogenated alkanes) is 2. The van der Waals surface area contributed by atoms with E-state index in [-0.39, 0.29) is 17.3 Å². The van der Waals surface area contributed by atoms with Crippen LogP contribution in [-0.2, 0) is 0 Å². The van der Waals surface area contributed by atoms with Crippen molar-refractivity contribution in [2.24, 2.45) is 0 Å². The lowest BCUT2D eigenvalue weighted by Crippen LogP contribution is -2.27. The Morgan fingerprint density at radius 3 is 2.83 bits per heavy atom. The Morgan fingerprint density at radius 2 is 2.00 bits per heavy atom. The molecule has 30 heavy (non-hydrogen) atoms. The van der Waals surface area contributed by atoms with Gasteiger partial charge in [-0.25, -0.2) is 4.39 Å². The number of nitrogens with zero attached hydrogens (tertiary/aromatic N) is 2. The van der Waals surface area contributed by atoms with E-state index >= 15 is 0 Å². The maximum absolute atomic E-state index is 15.0. The smallest absolute Gasteiger partial charge is 0.258 e. The zero-order chi connectivity index (χ0) is 21.3. The van der Waals surface area contributed by atoms with Gasteiger partial charge in [0.05, 0.1) is 17.8 Å². The third-order valence-corrected chi connectivity index (χ3v) is 4.71. The fourth-order valence-corrected chi connectivity index (χ4v) is 3.09. The van der Waals surface area contributed by atoms with Gasteiger partial charge in [0.2, 0.25) is 0 Å². The van der Waals surface area contributed by atoms with E-state index in [1.807, 2.05) is 19.1 Å². The normalized spacial score (nSPS) is 10.4. The molecule has 1 heterocycles. The van der Waals surface area contributed by atoms with Gasteiger partial charge in [0.1, 0.15) is 0 Å². The van der Waals surface area contributed by atoms with Gasteiger partial charge in [0.25, 0.3) is 5.91 Å². The van der Waals surface area contributed by atoms with Crippen molar-refractivity contribution >= 4 is 22.5 Å². The first-order valence-corrected chi connectivity index (χ1v) is 10.1. The van der Waals surface area contributed by atoms with Gasteiger partial charge in [0, 0.05) is 37.0 Å². The lowest BCUT2D eigenvalue weighted by atomic mass is 10.1. The average molecular weight is 404 g/mol. The molecular formula is C25H25FN2O2. The minimum Gasteiger partial charge on any atom is -0.490 e. The Morgan fingerprint density at radius 1 is 1.13 bits per heavy atom. The molecule has 0 aliphatic rings. The second kappa shape index (κ2) is 10.4. The maximum Gasteiger partial charge on any atom is 0.258 e. The quantitative estimate of drug-likeness (QED) is 0.379. The molecule has 0 spiro atoms. The number of amides is 1. The molecule has 0 radical (unpaired) electrons. The van der Waals surface area contributed by atoms with E-state index in [1.165, 1.54) is 4.90 Å². The van der Waals surface area contributed by atoms with Gasteiger partial charge in [0.15, 0.2) is 11.6 Å². The molecule has 0 saturated heterocycles. The SMILES string of the molecule is CCC#CCCCCOc1cccc(N(C)C(=O)c2ccc3ncccc3c2)c1F. The highest BCUT2D eigenvalue weighted by Gasteiger charge is 2.19. The number of benzene rings is 2. The highest BCUT2D eigenvalue weighted by Crippen LogP contribution is 2.28. The first-order valence-electron chi connectivity index (χ1n) is 10.1. The van der Waals surface area contributed by atoms with Gasteiger partial charge in [-0.05, 0) is 49.2 Å². The summed E-state index contributed by atoms with van der Waals surface area (Å²) in [7, 11) is 1.56. The largest absolute Gasteiger partial charge is 0.490 e. The van der Waals surface area contributed by atoms with E-state index in [4.69, 9.17) is 4.74 Å². The van der Waals surface area contributed by atoms with Crippen molar-refractivity contribution in [2.75, 3.05) is 18.6 Å². The Labute approximate surface area is 176 Å². The van der Waals surface area contributed by atoms with E-state index in [2.05, 4.69) is 16.8 Å². The molecule has 3 rings (SSSR count). The van der Waals surface area contributed by atoms with E-state index in [9.17, 15) is 9.18 Å². The van der Waals surface area contributed by atoms with Crippen LogP contribution in [0.1, 0.15) is 43.0 Å². The number of anilines is 1. The summed E-state index contributed by atoms with van der Waals surface area (Å²) in [6.07, 6.45) is 5.08. The van der Waals surface area contributed by atoms with Gasteiger partial charge in [-0.2, -0.15) is 0 Å². The molecule has 0 atom stereocenters. The minimum absolute atomic E-state index is 0.148. The lowest BCUT2D eigenvalue weighted by molar-refractivity contribution is 0.0992. The van der Waals surface area contributed by atoms with Crippen molar-refractivity contribution in [3.8, 4) is 17.6 Å². The van der Waals surface area contributed by atoms with Crippen LogP contribution in [0.2, 0.25) is 0 Å². The number of aromatic nitrogens is 1. The Hall–Kier alpha value is -3.39. The molecule has 0 aliphatic heterocycles. The van der Waals surface area contributed by atoms with E-state index in [0.29, 0.717) is 12.2 Å². The molecule has 2 aromatic carbocycles. The number of fused-ring (bicyclic) bond motifs is 1. The van der Waals surface area contributed by atoms with Gasteiger partial charge >= 0.3 is 0 Å². The summed E-state index contributed by atoms with van der Waals surface area (Å²) < 4.78 is 20.6. The highest BCUT2D eigenvalue weighted by molar-refractivity contribution is 6.07. The summed E-state index contributed by atoms with van der Waals surface area (Å²) in [5.41, 5.74) is 1.45. The van der Waals surface area contributed by atoms with Crippen LogP contribution in [0.15, 0.2) is 54.7 Å². The van der Waals surface area contributed by atoms with Crippen LogP contribution in [0, 0.1) is 17.7 Å². The van der Waals surface area contributed by atoms with E-state index < -0.39 is 5.82 Å². The Bertz CT molecular complexity index is 1090. The van der Waals surface area contributed by atoms with Crippen LogP contribution in [0.5, 0.6) is 5.75 Å². The van der Waals surface area contributed by atoms with Crippen LogP contribution >= 0.6 is 0 Å². The number of halogens is 1. The predicted octanol–water partition coefficient (Wildman–Crippen LogP) is 5.61. The third-order valence-electron chi connectivity index (χ3n) is 4.71. The molecule has 3 aromatic rings. The van der Waals surface area contributed by atoms with Crippen molar-refractivity contribution < 1.29 is 13.9 Å². The second-order valence-corrected chi connectivity index (χ2v) is 6.88. The first kappa shape index (κ1) is 21.3. The molecule has 0 bridgehead atoms. The molecule has 1 aromatic heterocycles. The van der Waals surface area contributed by atoms with Crippen LogP contribution in [-0.4, -0.2) is 24.5 Å². The van der Waals surface area contributed by atoms with Gasteiger partial charge in [-0.15, -0.1) is 11.8 Å². The third kappa shape index (κ3) is 5.15. The molecule has 0 N–H and O–H groups in total. The average Bonchev–Trinajstić information content (AvgIpc) is 2.78. The summed E-state index contributed by atoms with van der Waals surface area (Å²) in [6.45, 7) is 2.42. The number of hydrogen-bond donors (Lipinski definition) is 0. The topological polar surface area (TPSA) is 42.4 Å². The molecule has 0 unspecified atom stereocenters. The molecular weight excluding hydrogens is 379 g/mol. The molecule has 0 fully saturated rings. The van der Waals surface area contributed by atoms with Crippen molar-refractivity contribution in [1.29, 1.82) is 0 Å². The molecule has 1 amide bonds. The van der Waals surface area contributed by atoms with Crippen LogP contribution < -0.4 is 9.64 Å². The Balaban J connectivity index is 1.68. The monoisotopic (exact) mass is 404 g/mol. The van der Waals surface area contributed by atoms with Crippen LogP contribution in [0.3, 0.4) is 0 Å². The van der Waals surface area contributed by atoms with Crippen LogP contribution in [0.25, 0.3) is 10.9 Å². The number of pyridine rings is 1. The van der Waals surface area contributed by atoms with Crippen molar-refractivity contribution in [3.05, 3.63) is 66.1 Å². The summed E-state index contributed by atoms with van der Waals surface area (Å²) >= 11 is 0. The van der Waals surface area contributed by atoms with Gasteiger partial charge < -0.3 is 9.64 Å². The summed E-state index contributed by atoms with van der Waals surface area (Å²) in [5.74, 6) is 5.42. The molecule has 4 nitrogen and oxygen atoms in total. The molecule has 0 aliphatic carbocycles. The number of ether oxygens (including phenoxy) is 1. The van der Waals surface area contributed by atoms with Crippen molar-refractivity contribution in [3.63, 3.8) is 0 Å². The van der Waals surface area contributed by atoms with Crippen molar-refractivity contribution in [2.45, 2.75) is 32.6 Å². The second-order valence-electron chi connectivity index (χ2n) is 6.88. The number of carbonyl (C=O) groups is 1. The Kier molecular flexibility index (Phi) is 7.40. The van der Waals surface area contributed by atoms with Crippen LogP contribution in [0.4, 0.5) is 10.1 Å². The number of carbonyl (C=O) groups excluding carboxylic acids is 1. The summed E-state index contributed by atoms with van der Waals surface area (Å²) in [4.78, 5) is 18.5. The van der Waals surface area contributed by atoms with Gasteiger partial charge in [-0.3, -0.25) is 9.78 Å². The van der Waals surface area contributed by atoms with E-state index in [0.717, 1.165) is 36.6 Å². The highest BCUT2D eigenvalue weighted by atomic mass is 19.1.